The highest BCUT2D eigenvalue weighted by atomic mass is 16.3. The maximum absolute atomic E-state index is 12.5. The summed E-state index contributed by atoms with van der Waals surface area (Å²) in [5, 5.41) is 16.4. The van der Waals surface area contributed by atoms with E-state index in [1.165, 1.54) is 30.5 Å². The van der Waals surface area contributed by atoms with Crippen molar-refractivity contribution in [3.05, 3.63) is 65.2 Å². The second-order valence-corrected chi connectivity index (χ2v) is 10.2. The number of piperidine rings is 1. The fraction of sp³-hybridized carbons (Fsp3) is 0.536. The predicted octanol–water partition coefficient (Wildman–Crippen LogP) is 4.97. The van der Waals surface area contributed by atoms with E-state index in [0.29, 0.717) is 30.8 Å². The number of carbonyl (C=O) groups is 1. The lowest BCUT2D eigenvalue weighted by Gasteiger charge is -2.52. The van der Waals surface area contributed by atoms with Gasteiger partial charge in [0, 0.05) is 31.1 Å². The zero-order valence-corrected chi connectivity index (χ0v) is 20.3. The molecule has 1 aliphatic carbocycles. The van der Waals surface area contributed by atoms with E-state index >= 15 is 0 Å². The smallest absolute Gasteiger partial charge is 0.315 e. The first-order valence-corrected chi connectivity index (χ1v) is 12.5. The Morgan fingerprint density at radius 1 is 1.12 bits per heavy atom. The molecule has 0 bridgehead atoms. The SMILES string of the molecule is Cc1ccc(O)cc1C1(CCNC(=O)NCc2ccccc2)CCN(CC2CC2)C(C)[C@@H]1C. The van der Waals surface area contributed by atoms with Crippen molar-refractivity contribution in [3.63, 3.8) is 0 Å². The molecule has 1 aliphatic heterocycles. The van der Waals surface area contributed by atoms with Crippen LogP contribution >= 0.6 is 0 Å². The van der Waals surface area contributed by atoms with Gasteiger partial charge < -0.3 is 20.6 Å². The van der Waals surface area contributed by atoms with E-state index in [9.17, 15) is 9.90 Å². The molecule has 4 rings (SSSR count). The molecule has 2 fully saturated rings. The van der Waals surface area contributed by atoms with E-state index in [2.05, 4.69) is 36.3 Å². The van der Waals surface area contributed by atoms with Crippen molar-refractivity contribution < 1.29 is 9.90 Å². The summed E-state index contributed by atoms with van der Waals surface area (Å²) in [6.45, 7) is 10.3. The molecule has 5 nitrogen and oxygen atoms in total. The fourth-order valence-electron chi connectivity index (χ4n) is 5.70. The number of rotatable bonds is 8. The largest absolute Gasteiger partial charge is 0.508 e. The van der Waals surface area contributed by atoms with E-state index in [4.69, 9.17) is 0 Å². The van der Waals surface area contributed by atoms with E-state index in [0.717, 1.165) is 30.9 Å². The van der Waals surface area contributed by atoms with Gasteiger partial charge in [-0.2, -0.15) is 0 Å². The summed E-state index contributed by atoms with van der Waals surface area (Å²) in [5.41, 5.74) is 3.47. The highest BCUT2D eigenvalue weighted by Crippen LogP contribution is 2.47. The number of hydrogen-bond acceptors (Lipinski definition) is 3. The lowest BCUT2D eigenvalue weighted by Crippen LogP contribution is -2.55. The number of phenolic OH excluding ortho intramolecular Hbond substituents is 1. The lowest BCUT2D eigenvalue weighted by molar-refractivity contribution is 0.0367. The minimum Gasteiger partial charge on any atom is -0.508 e. The van der Waals surface area contributed by atoms with Gasteiger partial charge >= 0.3 is 6.03 Å². The Hall–Kier alpha value is -2.53. The van der Waals surface area contributed by atoms with Crippen molar-refractivity contribution in [3.8, 4) is 5.75 Å². The minimum absolute atomic E-state index is 0.0744. The molecule has 2 aromatic carbocycles. The van der Waals surface area contributed by atoms with Gasteiger partial charge in [-0.15, -0.1) is 0 Å². The summed E-state index contributed by atoms with van der Waals surface area (Å²) < 4.78 is 0. The lowest BCUT2D eigenvalue weighted by atomic mass is 9.61. The zero-order valence-electron chi connectivity index (χ0n) is 20.3. The van der Waals surface area contributed by atoms with Crippen molar-refractivity contribution in [1.82, 2.24) is 15.5 Å². The molecule has 178 valence electrons. The number of phenols is 1. The Bertz CT molecular complexity index is 943. The summed E-state index contributed by atoms with van der Waals surface area (Å²) in [4.78, 5) is 15.1. The molecule has 1 heterocycles. The Kier molecular flexibility index (Phi) is 7.28. The number of nitrogens with one attached hydrogen (secondary N) is 2. The molecule has 2 amide bonds. The molecule has 2 aromatic rings. The number of aryl methyl sites for hydroxylation is 1. The van der Waals surface area contributed by atoms with Crippen LogP contribution in [0.3, 0.4) is 0 Å². The van der Waals surface area contributed by atoms with Crippen LogP contribution in [0.4, 0.5) is 4.79 Å². The summed E-state index contributed by atoms with van der Waals surface area (Å²) in [6, 6.07) is 16.1. The van der Waals surface area contributed by atoms with Gasteiger partial charge in [0.1, 0.15) is 5.75 Å². The molecule has 1 saturated carbocycles. The molecule has 5 heteroatoms. The van der Waals surface area contributed by atoms with Crippen LogP contribution in [-0.4, -0.2) is 41.7 Å². The standard InChI is InChI=1S/C28H39N3O2/c1-20-9-12-25(32)17-26(20)28(14-16-31(19-24-10-11-24)22(3)21(28)2)13-15-29-27(33)30-18-23-7-5-4-6-8-23/h4-9,12,17,21-22,24,32H,10-11,13-16,18-19H2,1-3H3,(H2,29,30,33)/t21-,22?,28?/m0/s1. The van der Waals surface area contributed by atoms with Gasteiger partial charge in [0.2, 0.25) is 0 Å². The number of benzene rings is 2. The average molecular weight is 450 g/mol. The molecular formula is C28H39N3O2. The number of nitrogens with zero attached hydrogens (tertiary/aromatic N) is 1. The van der Waals surface area contributed by atoms with Crippen LogP contribution < -0.4 is 10.6 Å². The van der Waals surface area contributed by atoms with Crippen molar-refractivity contribution >= 4 is 6.03 Å². The predicted molar refractivity (Wildman–Crippen MR) is 133 cm³/mol. The van der Waals surface area contributed by atoms with Gasteiger partial charge in [-0.05, 0) is 86.7 Å². The molecule has 2 aliphatic rings. The molecule has 0 spiro atoms. The second-order valence-electron chi connectivity index (χ2n) is 10.2. The number of hydrogen-bond donors (Lipinski definition) is 3. The summed E-state index contributed by atoms with van der Waals surface area (Å²) in [5.74, 6) is 1.62. The second kappa shape index (κ2) is 10.2. The highest BCUT2D eigenvalue weighted by molar-refractivity contribution is 5.73. The van der Waals surface area contributed by atoms with Gasteiger partial charge in [0.15, 0.2) is 0 Å². The summed E-state index contributed by atoms with van der Waals surface area (Å²) >= 11 is 0. The summed E-state index contributed by atoms with van der Waals surface area (Å²) in [7, 11) is 0. The third kappa shape index (κ3) is 5.52. The van der Waals surface area contributed by atoms with Crippen molar-refractivity contribution in [2.24, 2.45) is 11.8 Å². The Morgan fingerprint density at radius 2 is 1.88 bits per heavy atom. The van der Waals surface area contributed by atoms with E-state index in [1.54, 1.807) is 6.07 Å². The maximum Gasteiger partial charge on any atom is 0.315 e. The number of carbonyl (C=O) groups excluding carboxylic acids is 1. The molecule has 2 unspecified atom stereocenters. The molecule has 0 aromatic heterocycles. The molecular weight excluding hydrogens is 410 g/mol. The Morgan fingerprint density at radius 3 is 2.61 bits per heavy atom. The van der Waals surface area contributed by atoms with E-state index < -0.39 is 0 Å². The van der Waals surface area contributed by atoms with Crippen LogP contribution in [0.25, 0.3) is 0 Å². The third-order valence-corrected chi connectivity index (χ3v) is 8.12. The zero-order chi connectivity index (χ0) is 23.4. The maximum atomic E-state index is 12.5. The van der Waals surface area contributed by atoms with Gasteiger partial charge in [-0.25, -0.2) is 4.79 Å². The van der Waals surface area contributed by atoms with Crippen LogP contribution in [0.15, 0.2) is 48.5 Å². The van der Waals surface area contributed by atoms with Crippen LogP contribution in [-0.2, 0) is 12.0 Å². The van der Waals surface area contributed by atoms with Gasteiger partial charge in [-0.3, -0.25) is 0 Å². The average Bonchev–Trinajstić information content (AvgIpc) is 3.64. The Labute approximate surface area is 198 Å². The third-order valence-electron chi connectivity index (χ3n) is 8.12. The number of aromatic hydroxyl groups is 1. The molecule has 3 N–H and O–H groups in total. The number of likely N-dealkylation sites (tertiary alicyclic amines) is 1. The van der Waals surface area contributed by atoms with Crippen molar-refractivity contribution in [1.29, 1.82) is 0 Å². The fourth-order valence-corrected chi connectivity index (χ4v) is 5.70. The first-order chi connectivity index (χ1) is 15.9. The van der Waals surface area contributed by atoms with E-state index in [1.807, 2.05) is 42.5 Å². The van der Waals surface area contributed by atoms with Gasteiger partial charge in [-0.1, -0.05) is 43.3 Å². The van der Waals surface area contributed by atoms with Crippen molar-refractivity contribution in [2.45, 2.75) is 64.5 Å². The molecule has 3 atom stereocenters. The summed E-state index contributed by atoms with van der Waals surface area (Å²) in [6.07, 6.45) is 4.65. The first-order valence-electron chi connectivity index (χ1n) is 12.5. The minimum atomic E-state index is -0.131. The number of amides is 2. The highest BCUT2D eigenvalue weighted by Gasteiger charge is 2.46. The van der Waals surface area contributed by atoms with Crippen LogP contribution in [0.5, 0.6) is 5.75 Å². The van der Waals surface area contributed by atoms with Crippen LogP contribution in [0.1, 0.15) is 56.2 Å². The Balaban J connectivity index is 1.45. The monoisotopic (exact) mass is 449 g/mol. The van der Waals surface area contributed by atoms with E-state index in [-0.39, 0.29) is 11.4 Å². The molecule has 33 heavy (non-hydrogen) atoms. The van der Waals surface area contributed by atoms with Crippen molar-refractivity contribution in [2.75, 3.05) is 19.6 Å². The normalized spacial score (nSPS) is 25.5. The topological polar surface area (TPSA) is 64.6 Å². The van der Waals surface area contributed by atoms with Crippen LogP contribution in [0, 0.1) is 18.8 Å². The first kappa shape index (κ1) is 23.6. The van der Waals surface area contributed by atoms with Gasteiger partial charge in [0.25, 0.3) is 0 Å². The molecule has 1 saturated heterocycles. The number of urea groups is 1. The quantitative estimate of drug-likeness (QED) is 0.533. The van der Waals surface area contributed by atoms with Gasteiger partial charge in [0.05, 0.1) is 0 Å². The molecule has 0 radical (unpaired) electrons. The van der Waals surface area contributed by atoms with Crippen LogP contribution in [0.2, 0.25) is 0 Å².